The summed E-state index contributed by atoms with van der Waals surface area (Å²) >= 11 is 1.92. The molecule has 0 bridgehead atoms. The van der Waals surface area contributed by atoms with Gasteiger partial charge in [-0.25, -0.2) is 0 Å². The molecule has 10 heavy (non-hydrogen) atoms. The van der Waals surface area contributed by atoms with Crippen molar-refractivity contribution in [2.24, 2.45) is 10.7 Å². The van der Waals surface area contributed by atoms with Crippen LogP contribution in [-0.4, -0.2) is 23.4 Å². The fourth-order valence-corrected chi connectivity index (χ4v) is 1.54. The van der Waals surface area contributed by atoms with Gasteiger partial charge in [0.05, 0.1) is 12.4 Å². The summed E-state index contributed by atoms with van der Waals surface area (Å²) in [5.41, 5.74) is 5.42. The molecule has 0 aliphatic heterocycles. The normalized spacial score (nSPS) is 22.8. The van der Waals surface area contributed by atoms with Crippen molar-refractivity contribution >= 4 is 17.6 Å². The third-order valence-electron chi connectivity index (χ3n) is 1.86. The van der Waals surface area contributed by atoms with Crippen molar-refractivity contribution < 1.29 is 0 Å². The van der Waals surface area contributed by atoms with Gasteiger partial charge in [0.1, 0.15) is 0 Å². The van der Waals surface area contributed by atoms with E-state index in [1.807, 2.05) is 18.7 Å². The van der Waals surface area contributed by atoms with Gasteiger partial charge in [0.25, 0.3) is 0 Å². The zero-order chi connectivity index (χ0) is 7.61. The molecule has 0 aromatic heterocycles. The minimum atomic E-state index is 0.473. The summed E-state index contributed by atoms with van der Waals surface area (Å²) in [6.07, 6.45) is 4.77. The van der Waals surface area contributed by atoms with E-state index in [0.717, 1.165) is 6.54 Å². The Labute approximate surface area is 66.3 Å². The Bertz CT molecular complexity index is 146. The molecular formula is C7H14N2S. The highest BCUT2D eigenvalue weighted by Gasteiger charge is 2.41. The minimum Gasteiger partial charge on any atom is -0.388 e. The molecule has 0 saturated heterocycles. The molecule has 1 aliphatic rings. The molecule has 2 nitrogen and oxygen atoms in total. The van der Waals surface area contributed by atoms with E-state index in [9.17, 15) is 0 Å². The van der Waals surface area contributed by atoms with Crippen LogP contribution in [0.4, 0.5) is 0 Å². The lowest BCUT2D eigenvalue weighted by atomic mass is 10.4. The molecule has 58 valence electrons. The van der Waals surface area contributed by atoms with Crippen LogP contribution >= 0.6 is 11.8 Å². The first kappa shape index (κ1) is 7.92. The molecule has 3 heteroatoms. The van der Waals surface area contributed by atoms with Crippen molar-refractivity contribution in [3.8, 4) is 0 Å². The fraction of sp³-hybridized carbons (Fsp3) is 0.857. The van der Waals surface area contributed by atoms with E-state index >= 15 is 0 Å². The Morgan fingerprint density at radius 3 is 2.60 bits per heavy atom. The lowest BCUT2D eigenvalue weighted by Gasteiger charge is -2.06. The van der Waals surface area contributed by atoms with E-state index in [1.54, 1.807) is 0 Å². The van der Waals surface area contributed by atoms with Gasteiger partial charge in [-0.1, -0.05) is 0 Å². The van der Waals surface area contributed by atoms with Crippen LogP contribution in [0.5, 0.6) is 0 Å². The van der Waals surface area contributed by atoms with Crippen LogP contribution in [-0.2, 0) is 0 Å². The van der Waals surface area contributed by atoms with Crippen LogP contribution in [0.1, 0.15) is 19.8 Å². The molecule has 0 aromatic carbocycles. The van der Waals surface area contributed by atoms with Gasteiger partial charge in [-0.15, -0.1) is 0 Å². The summed E-state index contributed by atoms with van der Waals surface area (Å²) < 4.78 is 0.473. The molecule has 1 saturated carbocycles. The second kappa shape index (κ2) is 2.82. The highest BCUT2D eigenvalue weighted by molar-refractivity contribution is 8.00. The summed E-state index contributed by atoms with van der Waals surface area (Å²) in [6.45, 7) is 2.76. The van der Waals surface area contributed by atoms with Crippen molar-refractivity contribution in [3.63, 3.8) is 0 Å². The predicted octanol–water partition coefficient (Wildman–Crippen LogP) is 1.26. The molecular weight excluding hydrogens is 144 g/mol. The number of nitrogens with two attached hydrogens (primary N) is 1. The van der Waals surface area contributed by atoms with Gasteiger partial charge in [0.15, 0.2) is 0 Å². The first-order chi connectivity index (χ1) is 4.68. The van der Waals surface area contributed by atoms with Crippen LogP contribution in [0.3, 0.4) is 0 Å². The quantitative estimate of drug-likeness (QED) is 0.496. The second-order valence-corrected chi connectivity index (χ2v) is 4.12. The van der Waals surface area contributed by atoms with E-state index in [0.29, 0.717) is 10.6 Å². The zero-order valence-electron chi connectivity index (χ0n) is 6.55. The van der Waals surface area contributed by atoms with Crippen LogP contribution < -0.4 is 5.73 Å². The van der Waals surface area contributed by atoms with E-state index in [4.69, 9.17) is 5.73 Å². The average Bonchev–Trinajstić information content (AvgIpc) is 2.64. The van der Waals surface area contributed by atoms with E-state index in [1.165, 1.54) is 12.8 Å². The van der Waals surface area contributed by atoms with E-state index < -0.39 is 0 Å². The molecule has 0 heterocycles. The maximum Gasteiger partial charge on any atom is 0.0906 e. The minimum absolute atomic E-state index is 0.473. The van der Waals surface area contributed by atoms with Crippen molar-refractivity contribution in [2.45, 2.75) is 24.5 Å². The number of amidine groups is 1. The first-order valence-corrected chi connectivity index (χ1v) is 4.73. The van der Waals surface area contributed by atoms with Crippen LogP contribution in [0.15, 0.2) is 4.99 Å². The lowest BCUT2D eigenvalue weighted by Crippen LogP contribution is -2.12. The van der Waals surface area contributed by atoms with Crippen molar-refractivity contribution in [2.75, 3.05) is 12.8 Å². The summed E-state index contributed by atoms with van der Waals surface area (Å²) in [6, 6.07) is 0. The van der Waals surface area contributed by atoms with Gasteiger partial charge in [0.2, 0.25) is 0 Å². The Kier molecular flexibility index (Phi) is 2.24. The third kappa shape index (κ3) is 1.90. The van der Waals surface area contributed by atoms with Crippen molar-refractivity contribution in [1.82, 2.24) is 0 Å². The molecule has 1 rings (SSSR count). The summed E-state index contributed by atoms with van der Waals surface area (Å²) in [5, 5.41) is 0. The largest absolute Gasteiger partial charge is 0.388 e. The second-order valence-electron chi connectivity index (χ2n) is 2.84. The smallest absolute Gasteiger partial charge is 0.0906 e. The van der Waals surface area contributed by atoms with Gasteiger partial charge in [-0.05, 0) is 26.0 Å². The topological polar surface area (TPSA) is 38.4 Å². The maximum atomic E-state index is 5.42. The summed E-state index contributed by atoms with van der Waals surface area (Å²) in [4.78, 5) is 4.20. The summed E-state index contributed by atoms with van der Waals surface area (Å²) in [7, 11) is 0. The van der Waals surface area contributed by atoms with Crippen LogP contribution in [0, 0.1) is 0 Å². The molecule has 0 aromatic rings. The number of hydrogen-bond acceptors (Lipinski definition) is 2. The molecule has 1 fully saturated rings. The Morgan fingerprint density at radius 2 is 2.30 bits per heavy atom. The molecule has 0 atom stereocenters. The molecule has 0 unspecified atom stereocenters. The van der Waals surface area contributed by atoms with Crippen LogP contribution in [0.2, 0.25) is 0 Å². The number of aliphatic imine (C=N–C) groups is 1. The van der Waals surface area contributed by atoms with Gasteiger partial charge in [-0.2, -0.15) is 11.8 Å². The Morgan fingerprint density at radius 1 is 1.70 bits per heavy atom. The van der Waals surface area contributed by atoms with Crippen molar-refractivity contribution in [3.05, 3.63) is 0 Å². The monoisotopic (exact) mass is 158 g/mol. The number of nitrogens with zero attached hydrogens (tertiary/aromatic N) is 1. The predicted molar refractivity (Wildman–Crippen MR) is 47.6 cm³/mol. The van der Waals surface area contributed by atoms with Crippen molar-refractivity contribution in [1.29, 1.82) is 0 Å². The molecule has 0 amide bonds. The van der Waals surface area contributed by atoms with Gasteiger partial charge >= 0.3 is 0 Å². The molecule has 2 N–H and O–H groups in total. The van der Waals surface area contributed by atoms with Gasteiger partial charge < -0.3 is 5.73 Å². The highest BCUT2D eigenvalue weighted by Crippen LogP contribution is 2.47. The zero-order valence-corrected chi connectivity index (χ0v) is 7.37. The fourth-order valence-electron chi connectivity index (χ4n) is 0.835. The summed E-state index contributed by atoms with van der Waals surface area (Å²) in [5.74, 6) is 0.709. The highest BCUT2D eigenvalue weighted by atomic mass is 32.2. The number of rotatable bonds is 3. The average molecular weight is 158 g/mol. The van der Waals surface area contributed by atoms with Gasteiger partial charge in [-0.3, -0.25) is 4.99 Å². The SMILES string of the molecule is CSC1(CN=C(C)N)CC1. The molecule has 0 radical (unpaired) electrons. The Hall–Kier alpha value is -0.180. The number of thioether (sulfide) groups is 1. The van der Waals surface area contributed by atoms with E-state index in [-0.39, 0.29) is 0 Å². The first-order valence-electron chi connectivity index (χ1n) is 3.50. The standard InChI is InChI=1S/C7H14N2S/c1-6(8)9-5-7(10-2)3-4-7/h3-5H2,1-2H3,(H2,8,9). The van der Waals surface area contributed by atoms with E-state index in [2.05, 4.69) is 11.2 Å². The molecule has 1 aliphatic carbocycles. The third-order valence-corrected chi connectivity index (χ3v) is 3.26. The number of hydrogen-bond donors (Lipinski definition) is 1. The van der Waals surface area contributed by atoms with Crippen LogP contribution in [0.25, 0.3) is 0 Å². The Balaban J connectivity index is 2.32. The van der Waals surface area contributed by atoms with Gasteiger partial charge in [0, 0.05) is 4.75 Å². The molecule has 0 spiro atoms. The lowest BCUT2D eigenvalue weighted by molar-refractivity contribution is 0.901. The maximum absolute atomic E-state index is 5.42.